The van der Waals surface area contributed by atoms with Crippen LogP contribution in [0.25, 0.3) is 0 Å². The van der Waals surface area contributed by atoms with E-state index < -0.39 is 0 Å². The van der Waals surface area contributed by atoms with Crippen molar-refractivity contribution < 1.29 is 18.9 Å². The Bertz CT molecular complexity index is 448. The normalized spacial score (nSPS) is 10.3. The van der Waals surface area contributed by atoms with Crippen molar-refractivity contribution in [3.8, 4) is 0 Å². The molecule has 0 aromatic carbocycles. The molecule has 0 bridgehead atoms. The number of aryl methyl sites for hydroxylation is 1. The molecule has 0 N–H and O–H groups in total. The number of hydrogen-bond acceptors (Lipinski definition) is 3. The van der Waals surface area contributed by atoms with E-state index in [2.05, 4.69) is 4.57 Å². The Morgan fingerprint density at radius 1 is 1.05 bits per heavy atom. The molecular weight excluding hydrogens is 280 g/mol. The van der Waals surface area contributed by atoms with Crippen molar-refractivity contribution in [3.63, 3.8) is 0 Å². The molecule has 0 saturated heterocycles. The van der Waals surface area contributed by atoms with Crippen LogP contribution in [0.2, 0.25) is 0 Å². The first-order valence-electron chi connectivity index (χ1n) is 8.04. The van der Waals surface area contributed by atoms with E-state index in [1.165, 1.54) is 0 Å². The highest BCUT2D eigenvalue weighted by Crippen LogP contribution is 2.03. The van der Waals surface area contributed by atoms with E-state index in [1.54, 1.807) is 11.8 Å². The molecule has 0 spiro atoms. The lowest BCUT2D eigenvalue weighted by molar-refractivity contribution is -0.697. The maximum Gasteiger partial charge on any atom is 0.307 e. The molecule has 0 saturated carbocycles. The largest absolute Gasteiger partial charge is 0.466 e. The molecule has 1 heterocycles. The lowest BCUT2D eigenvalue weighted by atomic mass is 10.2. The molecule has 5 heteroatoms. The zero-order valence-corrected chi connectivity index (χ0v) is 13.7. The summed E-state index contributed by atoms with van der Waals surface area (Å²) in [5.74, 6) is -0.126. The quantitative estimate of drug-likeness (QED) is 0.377. The Balaban J connectivity index is 2.22. The van der Waals surface area contributed by atoms with Crippen molar-refractivity contribution in [2.75, 3.05) is 19.7 Å². The Labute approximate surface area is 132 Å². The van der Waals surface area contributed by atoms with Crippen LogP contribution in [-0.4, -0.2) is 36.5 Å². The van der Waals surface area contributed by atoms with Crippen LogP contribution in [0.4, 0.5) is 0 Å². The van der Waals surface area contributed by atoms with E-state index in [4.69, 9.17) is 4.74 Å². The van der Waals surface area contributed by atoms with E-state index in [9.17, 15) is 9.59 Å². The molecule has 1 rings (SSSR count). The fourth-order valence-corrected chi connectivity index (χ4v) is 2.23. The van der Waals surface area contributed by atoms with Crippen LogP contribution in [0, 0.1) is 0 Å². The van der Waals surface area contributed by atoms with Gasteiger partial charge in [-0.15, -0.1) is 0 Å². The van der Waals surface area contributed by atoms with Gasteiger partial charge in [-0.05, 0) is 20.3 Å². The Kier molecular flexibility index (Phi) is 8.88. The van der Waals surface area contributed by atoms with Crippen LogP contribution in [0.3, 0.4) is 0 Å². The van der Waals surface area contributed by atoms with Gasteiger partial charge in [-0.25, -0.2) is 4.57 Å². The third-order valence-electron chi connectivity index (χ3n) is 3.46. The summed E-state index contributed by atoms with van der Waals surface area (Å²) in [5, 5.41) is 0. The summed E-state index contributed by atoms with van der Waals surface area (Å²) in [6, 6.07) is 5.99. The van der Waals surface area contributed by atoms with E-state index >= 15 is 0 Å². The van der Waals surface area contributed by atoms with Crippen LogP contribution in [0.15, 0.2) is 30.6 Å². The second-order valence-electron chi connectivity index (χ2n) is 5.10. The molecule has 0 aliphatic carbocycles. The van der Waals surface area contributed by atoms with Crippen molar-refractivity contribution in [1.29, 1.82) is 0 Å². The molecule has 22 heavy (non-hydrogen) atoms. The SMILES string of the molecule is CCOC(=O)CCN(CC)C(=O)CCCC[n+]1ccccc1. The molecule has 122 valence electrons. The molecule has 1 amide bonds. The minimum Gasteiger partial charge on any atom is -0.466 e. The summed E-state index contributed by atoms with van der Waals surface area (Å²) in [6.45, 7) is 6.10. The highest BCUT2D eigenvalue weighted by Gasteiger charge is 2.13. The molecule has 0 unspecified atom stereocenters. The van der Waals surface area contributed by atoms with Crippen molar-refractivity contribution in [2.45, 2.75) is 46.1 Å². The number of amides is 1. The number of aromatic nitrogens is 1. The van der Waals surface area contributed by atoms with Crippen molar-refractivity contribution in [3.05, 3.63) is 30.6 Å². The first kappa shape index (κ1) is 18.1. The molecule has 0 aliphatic heterocycles. The number of rotatable bonds is 10. The second kappa shape index (κ2) is 10.8. The molecular formula is C17H27N2O3+. The van der Waals surface area contributed by atoms with E-state index in [-0.39, 0.29) is 18.3 Å². The van der Waals surface area contributed by atoms with Crippen LogP contribution >= 0.6 is 0 Å². The summed E-state index contributed by atoms with van der Waals surface area (Å²) in [7, 11) is 0. The summed E-state index contributed by atoms with van der Waals surface area (Å²) < 4.78 is 7.00. The number of esters is 1. The predicted molar refractivity (Wildman–Crippen MR) is 84.0 cm³/mol. The fourth-order valence-electron chi connectivity index (χ4n) is 2.23. The lowest BCUT2D eigenvalue weighted by Gasteiger charge is -2.20. The minimum absolute atomic E-state index is 0.116. The van der Waals surface area contributed by atoms with Gasteiger partial charge in [0.15, 0.2) is 12.4 Å². The number of carbonyl (C=O) groups is 2. The number of nitrogens with zero attached hydrogens (tertiary/aromatic N) is 2. The van der Waals surface area contributed by atoms with Crippen molar-refractivity contribution in [1.82, 2.24) is 4.90 Å². The fraction of sp³-hybridized carbons (Fsp3) is 0.588. The maximum absolute atomic E-state index is 12.1. The molecule has 1 aromatic rings. The van der Waals surface area contributed by atoms with Crippen LogP contribution < -0.4 is 4.57 Å². The van der Waals surface area contributed by atoms with Gasteiger partial charge in [-0.3, -0.25) is 9.59 Å². The summed E-state index contributed by atoms with van der Waals surface area (Å²) in [5.41, 5.74) is 0. The first-order valence-corrected chi connectivity index (χ1v) is 8.04. The highest BCUT2D eigenvalue weighted by atomic mass is 16.5. The zero-order chi connectivity index (χ0) is 16.2. The number of ether oxygens (including phenoxy) is 1. The van der Waals surface area contributed by atoms with E-state index in [1.807, 2.05) is 37.5 Å². The Morgan fingerprint density at radius 3 is 2.41 bits per heavy atom. The minimum atomic E-state index is -0.241. The molecule has 5 nitrogen and oxygen atoms in total. The van der Waals surface area contributed by atoms with Gasteiger partial charge in [-0.2, -0.15) is 0 Å². The van der Waals surface area contributed by atoms with E-state index in [0.717, 1.165) is 19.4 Å². The van der Waals surface area contributed by atoms with Crippen LogP contribution in [-0.2, 0) is 20.9 Å². The topological polar surface area (TPSA) is 50.5 Å². The Morgan fingerprint density at radius 2 is 1.77 bits per heavy atom. The molecule has 0 aliphatic rings. The highest BCUT2D eigenvalue weighted by molar-refractivity contribution is 5.77. The molecule has 1 aromatic heterocycles. The molecule has 0 atom stereocenters. The predicted octanol–water partition coefficient (Wildman–Crippen LogP) is 1.95. The third kappa shape index (κ3) is 7.20. The molecule has 0 radical (unpaired) electrons. The van der Waals surface area contributed by atoms with Crippen LogP contribution in [0.1, 0.15) is 39.5 Å². The zero-order valence-electron chi connectivity index (χ0n) is 13.7. The third-order valence-corrected chi connectivity index (χ3v) is 3.46. The number of unbranched alkanes of at least 4 members (excludes halogenated alkanes) is 1. The smallest absolute Gasteiger partial charge is 0.307 e. The average molecular weight is 307 g/mol. The standard InChI is InChI=1S/C17H27N2O3/c1-3-19(15-11-17(21)22-4-2)16(20)10-6-9-14-18-12-7-5-8-13-18/h5,7-8,12-13H,3-4,6,9-11,14-15H2,1-2H3/q+1. The van der Waals surface area contributed by atoms with Gasteiger partial charge >= 0.3 is 5.97 Å². The van der Waals surface area contributed by atoms with Crippen molar-refractivity contribution >= 4 is 11.9 Å². The summed E-state index contributed by atoms with van der Waals surface area (Å²) in [6.07, 6.45) is 6.68. The average Bonchev–Trinajstić information content (AvgIpc) is 2.53. The summed E-state index contributed by atoms with van der Waals surface area (Å²) in [4.78, 5) is 25.2. The van der Waals surface area contributed by atoms with Gasteiger partial charge in [0.05, 0.1) is 13.0 Å². The number of carbonyl (C=O) groups excluding carboxylic acids is 2. The summed E-state index contributed by atoms with van der Waals surface area (Å²) >= 11 is 0. The number of pyridine rings is 1. The van der Waals surface area contributed by atoms with Gasteiger partial charge < -0.3 is 9.64 Å². The van der Waals surface area contributed by atoms with Gasteiger partial charge in [0, 0.05) is 38.1 Å². The molecule has 0 fully saturated rings. The first-order chi connectivity index (χ1) is 10.7. The monoisotopic (exact) mass is 307 g/mol. The van der Waals surface area contributed by atoms with Crippen molar-refractivity contribution in [2.24, 2.45) is 0 Å². The maximum atomic E-state index is 12.1. The van der Waals surface area contributed by atoms with E-state index in [0.29, 0.717) is 26.1 Å². The van der Waals surface area contributed by atoms with Gasteiger partial charge in [0.2, 0.25) is 5.91 Å². The van der Waals surface area contributed by atoms with Gasteiger partial charge in [0.1, 0.15) is 6.54 Å². The Hall–Kier alpha value is -1.91. The second-order valence-corrected chi connectivity index (χ2v) is 5.10. The van der Waals surface area contributed by atoms with Gasteiger partial charge in [-0.1, -0.05) is 6.07 Å². The van der Waals surface area contributed by atoms with Crippen LogP contribution in [0.5, 0.6) is 0 Å². The lowest BCUT2D eigenvalue weighted by Crippen LogP contribution is -2.34. The van der Waals surface area contributed by atoms with Gasteiger partial charge in [0.25, 0.3) is 0 Å². The number of hydrogen-bond donors (Lipinski definition) is 0.